The van der Waals surface area contributed by atoms with E-state index in [-0.39, 0.29) is 0 Å². The van der Waals surface area contributed by atoms with E-state index in [9.17, 15) is 9.90 Å². The molecule has 2 aromatic rings. The van der Waals surface area contributed by atoms with Gasteiger partial charge in [-0.3, -0.25) is 9.48 Å². The predicted octanol–water partition coefficient (Wildman–Crippen LogP) is 1.33. The Morgan fingerprint density at radius 1 is 1.47 bits per heavy atom. The number of benzene rings is 1. The maximum Gasteiger partial charge on any atom is 0.314 e. The minimum atomic E-state index is -0.855. The van der Waals surface area contributed by atoms with E-state index < -0.39 is 11.4 Å². The number of rotatable bonds is 3. The Bertz CT molecular complexity index is 635. The number of nitrogens with zero attached hydrogens (tertiary/aromatic N) is 3. The molecule has 19 heavy (non-hydrogen) atoms. The Labute approximate surface area is 110 Å². The van der Waals surface area contributed by atoms with Crippen molar-refractivity contribution in [3.05, 3.63) is 47.3 Å². The summed E-state index contributed by atoms with van der Waals surface area (Å²) in [6.07, 6.45) is 3.61. The smallest absolute Gasteiger partial charge is 0.314 e. The third-order valence-corrected chi connectivity index (χ3v) is 3.90. The molecule has 98 valence electrons. The number of hydrogen-bond donors (Lipinski definition) is 1. The summed E-state index contributed by atoms with van der Waals surface area (Å²) in [6, 6.07) is 7.79. The molecule has 1 N–H and O–H groups in total. The summed E-state index contributed by atoms with van der Waals surface area (Å²) < 4.78 is 1.60. The van der Waals surface area contributed by atoms with Crippen molar-refractivity contribution in [2.45, 2.75) is 24.7 Å². The van der Waals surface area contributed by atoms with Crippen LogP contribution >= 0.6 is 0 Å². The molecule has 0 amide bonds. The molecule has 1 unspecified atom stereocenters. The van der Waals surface area contributed by atoms with Crippen LogP contribution in [0.1, 0.15) is 23.2 Å². The van der Waals surface area contributed by atoms with Gasteiger partial charge in [0.25, 0.3) is 0 Å². The minimum Gasteiger partial charge on any atom is -0.481 e. The van der Waals surface area contributed by atoms with Gasteiger partial charge in [-0.15, -0.1) is 5.10 Å². The monoisotopic (exact) mass is 257 g/mol. The van der Waals surface area contributed by atoms with Crippen molar-refractivity contribution < 1.29 is 9.90 Å². The Kier molecular flexibility index (Phi) is 2.62. The highest BCUT2D eigenvalue weighted by atomic mass is 16.4. The molecule has 0 saturated carbocycles. The van der Waals surface area contributed by atoms with E-state index in [1.165, 1.54) is 0 Å². The van der Waals surface area contributed by atoms with Crippen LogP contribution in [0.2, 0.25) is 0 Å². The van der Waals surface area contributed by atoms with E-state index in [0.29, 0.717) is 12.8 Å². The highest BCUT2D eigenvalue weighted by Crippen LogP contribution is 2.41. The van der Waals surface area contributed by atoms with Gasteiger partial charge in [0, 0.05) is 19.7 Å². The highest BCUT2D eigenvalue weighted by Gasteiger charge is 2.45. The van der Waals surface area contributed by atoms with E-state index >= 15 is 0 Å². The third kappa shape index (κ3) is 1.82. The van der Waals surface area contributed by atoms with Gasteiger partial charge in [-0.1, -0.05) is 29.5 Å². The van der Waals surface area contributed by atoms with Crippen LogP contribution in [0, 0.1) is 0 Å². The number of carbonyl (C=O) groups is 1. The number of hydrogen-bond acceptors (Lipinski definition) is 3. The topological polar surface area (TPSA) is 68.0 Å². The summed E-state index contributed by atoms with van der Waals surface area (Å²) in [5, 5.41) is 17.6. The van der Waals surface area contributed by atoms with Gasteiger partial charge in [-0.05, 0) is 24.0 Å². The quantitative estimate of drug-likeness (QED) is 0.900. The molecule has 1 aromatic heterocycles. The lowest BCUT2D eigenvalue weighted by molar-refractivity contribution is -0.143. The van der Waals surface area contributed by atoms with Crippen LogP contribution in [0.25, 0.3) is 0 Å². The van der Waals surface area contributed by atoms with Crippen LogP contribution < -0.4 is 0 Å². The van der Waals surface area contributed by atoms with Gasteiger partial charge in [-0.2, -0.15) is 0 Å². The molecule has 1 heterocycles. The molecule has 1 aliphatic carbocycles. The molecule has 1 aliphatic rings. The molecule has 0 fully saturated rings. The predicted molar refractivity (Wildman–Crippen MR) is 68.8 cm³/mol. The first-order chi connectivity index (χ1) is 9.12. The van der Waals surface area contributed by atoms with Gasteiger partial charge in [0.05, 0.1) is 11.1 Å². The van der Waals surface area contributed by atoms with Crippen molar-refractivity contribution in [2.75, 3.05) is 0 Å². The van der Waals surface area contributed by atoms with Gasteiger partial charge < -0.3 is 5.11 Å². The molecule has 0 bridgehead atoms. The van der Waals surface area contributed by atoms with Crippen LogP contribution in [0.4, 0.5) is 0 Å². The Hall–Kier alpha value is -2.17. The summed E-state index contributed by atoms with van der Waals surface area (Å²) in [4.78, 5) is 11.8. The molecule has 0 spiro atoms. The zero-order chi connectivity index (χ0) is 13.5. The number of aryl methyl sites for hydroxylation is 2. The van der Waals surface area contributed by atoms with Crippen molar-refractivity contribution >= 4 is 5.97 Å². The van der Waals surface area contributed by atoms with Crippen molar-refractivity contribution in [3.63, 3.8) is 0 Å². The fourth-order valence-electron chi connectivity index (χ4n) is 2.95. The molecule has 0 saturated heterocycles. The van der Waals surface area contributed by atoms with Crippen LogP contribution in [0.3, 0.4) is 0 Å². The second-order valence-corrected chi connectivity index (χ2v) is 5.10. The van der Waals surface area contributed by atoms with Crippen LogP contribution in [0.15, 0.2) is 30.5 Å². The fourth-order valence-corrected chi connectivity index (χ4v) is 2.95. The fraction of sp³-hybridized carbons (Fsp3) is 0.357. The lowest BCUT2D eigenvalue weighted by atomic mass is 9.78. The van der Waals surface area contributed by atoms with Gasteiger partial charge in [-0.25, -0.2) is 0 Å². The second-order valence-electron chi connectivity index (χ2n) is 5.10. The lowest BCUT2D eigenvalue weighted by Crippen LogP contribution is -2.36. The molecule has 5 heteroatoms. The summed E-state index contributed by atoms with van der Waals surface area (Å²) in [5.74, 6) is -0.775. The van der Waals surface area contributed by atoms with Gasteiger partial charge in [0.15, 0.2) is 0 Å². The normalized spacial score (nSPS) is 21.3. The van der Waals surface area contributed by atoms with E-state index in [2.05, 4.69) is 10.3 Å². The minimum absolute atomic E-state index is 0.396. The first kappa shape index (κ1) is 11.9. The summed E-state index contributed by atoms with van der Waals surface area (Å²) in [7, 11) is 1.78. The molecule has 1 aromatic carbocycles. The first-order valence-electron chi connectivity index (χ1n) is 6.29. The molecule has 3 rings (SSSR count). The van der Waals surface area contributed by atoms with Crippen molar-refractivity contribution in [1.29, 1.82) is 0 Å². The van der Waals surface area contributed by atoms with Crippen LogP contribution in [-0.2, 0) is 30.1 Å². The average Bonchev–Trinajstić information content (AvgIpc) is 2.96. The summed E-state index contributed by atoms with van der Waals surface area (Å²) in [5.41, 5.74) is 1.93. The van der Waals surface area contributed by atoms with E-state index in [1.54, 1.807) is 17.9 Å². The number of carboxylic acid groups (broad SMARTS) is 1. The maximum atomic E-state index is 11.8. The van der Waals surface area contributed by atoms with Crippen LogP contribution in [0.5, 0.6) is 0 Å². The lowest BCUT2D eigenvalue weighted by Gasteiger charge is -2.24. The SMILES string of the molecule is Cn1cc(CC2(C(=O)O)CCc3ccccc32)nn1. The molecule has 0 radical (unpaired) electrons. The highest BCUT2D eigenvalue weighted by molar-refractivity contribution is 5.83. The Balaban J connectivity index is 2.04. The molecule has 0 aliphatic heterocycles. The zero-order valence-corrected chi connectivity index (χ0v) is 10.7. The molecular weight excluding hydrogens is 242 g/mol. The van der Waals surface area contributed by atoms with Gasteiger partial charge in [0.1, 0.15) is 0 Å². The van der Waals surface area contributed by atoms with Gasteiger partial charge >= 0.3 is 5.97 Å². The zero-order valence-electron chi connectivity index (χ0n) is 10.7. The van der Waals surface area contributed by atoms with E-state index in [1.807, 2.05) is 24.3 Å². The standard InChI is InChI=1S/C14H15N3O2/c1-17-9-11(15-16-17)8-14(13(18)19)7-6-10-4-2-3-5-12(10)14/h2-5,9H,6-8H2,1H3,(H,18,19). The maximum absolute atomic E-state index is 11.8. The van der Waals surface area contributed by atoms with Crippen molar-refractivity contribution in [2.24, 2.45) is 7.05 Å². The van der Waals surface area contributed by atoms with Crippen molar-refractivity contribution in [1.82, 2.24) is 15.0 Å². The molecule has 1 atom stereocenters. The number of fused-ring (bicyclic) bond motifs is 1. The van der Waals surface area contributed by atoms with E-state index in [4.69, 9.17) is 0 Å². The largest absolute Gasteiger partial charge is 0.481 e. The Morgan fingerprint density at radius 2 is 2.26 bits per heavy atom. The Morgan fingerprint density at radius 3 is 2.95 bits per heavy atom. The van der Waals surface area contributed by atoms with Gasteiger partial charge in [0.2, 0.25) is 0 Å². The number of aliphatic carboxylic acids is 1. The second kappa shape index (κ2) is 4.19. The number of aromatic nitrogens is 3. The first-order valence-corrected chi connectivity index (χ1v) is 6.29. The average molecular weight is 257 g/mol. The van der Waals surface area contributed by atoms with Crippen LogP contribution in [-0.4, -0.2) is 26.1 Å². The molecule has 5 nitrogen and oxygen atoms in total. The summed E-state index contributed by atoms with van der Waals surface area (Å²) >= 11 is 0. The molecular formula is C14H15N3O2. The summed E-state index contributed by atoms with van der Waals surface area (Å²) in [6.45, 7) is 0. The van der Waals surface area contributed by atoms with Crippen molar-refractivity contribution in [3.8, 4) is 0 Å². The third-order valence-electron chi connectivity index (χ3n) is 3.90. The van der Waals surface area contributed by atoms with E-state index in [0.717, 1.165) is 23.2 Å². The number of carboxylic acids is 1.